The van der Waals surface area contributed by atoms with Gasteiger partial charge in [-0.25, -0.2) is 4.79 Å². The summed E-state index contributed by atoms with van der Waals surface area (Å²) in [5.74, 6) is 0. The fraction of sp³-hybridized carbons (Fsp3) is 0.231. The molecule has 0 aliphatic heterocycles. The minimum absolute atomic E-state index is 0.201. The Morgan fingerprint density at radius 2 is 2.10 bits per heavy atom. The quantitative estimate of drug-likeness (QED) is 0.585. The highest BCUT2D eigenvalue weighted by atomic mass is 79.9. The van der Waals surface area contributed by atoms with Gasteiger partial charge < -0.3 is 15.3 Å². The molecule has 4 N–H and O–H groups in total. The second-order valence-corrected chi connectivity index (χ2v) is 5.35. The zero-order chi connectivity index (χ0) is 14.1. The average molecular weight is 336 g/mol. The number of hydrogen-bond donors (Lipinski definition) is 4. The Labute approximate surface area is 123 Å². The molecule has 0 radical (unpaired) electrons. The topological polar surface area (TPSA) is 89.4 Å². The van der Waals surface area contributed by atoms with Crippen molar-refractivity contribution in [3.63, 3.8) is 0 Å². The van der Waals surface area contributed by atoms with Crippen LogP contribution < -0.4 is 11.0 Å². The number of hydrogen-bond acceptors (Lipinski definition) is 3. The van der Waals surface area contributed by atoms with Crippen molar-refractivity contribution in [3.05, 3.63) is 38.9 Å². The van der Waals surface area contributed by atoms with Crippen molar-refractivity contribution in [1.82, 2.24) is 25.5 Å². The first-order chi connectivity index (χ1) is 9.69. The van der Waals surface area contributed by atoms with Gasteiger partial charge in [-0.3, -0.25) is 5.10 Å². The Bertz CT molecular complexity index is 801. The summed E-state index contributed by atoms with van der Waals surface area (Å²) in [5.41, 5.74) is 4.22. The monoisotopic (exact) mass is 335 g/mol. The first kappa shape index (κ1) is 13.1. The van der Waals surface area contributed by atoms with Crippen molar-refractivity contribution in [1.29, 1.82) is 0 Å². The molecule has 6 nitrogen and oxygen atoms in total. The van der Waals surface area contributed by atoms with Crippen molar-refractivity contribution < 1.29 is 0 Å². The van der Waals surface area contributed by atoms with Gasteiger partial charge in [0.05, 0.1) is 21.2 Å². The van der Waals surface area contributed by atoms with Crippen LogP contribution in [0, 0.1) is 0 Å². The van der Waals surface area contributed by atoms with E-state index in [4.69, 9.17) is 0 Å². The predicted octanol–water partition coefficient (Wildman–Crippen LogP) is 1.77. The Morgan fingerprint density at radius 3 is 2.90 bits per heavy atom. The Hall–Kier alpha value is -1.86. The van der Waals surface area contributed by atoms with Crippen LogP contribution >= 0.6 is 15.9 Å². The van der Waals surface area contributed by atoms with E-state index in [9.17, 15) is 4.79 Å². The number of fused-ring (bicyclic) bond motifs is 1. The number of benzene rings is 1. The smallest absolute Gasteiger partial charge is 0.319 e. The number of likely N-dealkylation sites (N-methyl/N-ethyl adjacent to an activating group) is 1. The third-order valence-corrected chi connectivity index (χ3v) is 4.04. The molecule has 2 heterocycles. The van der Waals surface area contributed by atoms with E-state index in [1.54, 1.807) is 0 Å². The maximum Gasteiger partial charge on any atom is 0.323 e. The van der Waals surface area contributed by atoms with E-state index < -0.39 is 0 Å². The van der Waals surface area contributed by atoms with Crippen LogP contribution in [0.3, 0.4) is 0 Å². The molecule has 3 aromatic rings. The van der Waals surface area contributed by atoms with Gasteiger partial charge in [0.1, 0.15) is 5.69 Å². The summed E-state index contributed by atoms with van der Waals surface area (Å²) in [5, 5.41) is 10.5. The fourth-order valence-electron chi connectivity index (χ4n) is 2.15. The van der Waals surface area contributed by atoms with E-state index >= 15 is 0 Å². The predicted molar refractivity (Wildman–Crippen MR) is 81.8 cm³/mol. The van der Waals surface area contributed by atoms with Crippen LogP contribution in [0.1, 0.15) is 5.69 Å². The molecule has 1 aromatic carbocycles. The summed E-state index contributed by atoms with van der Waals surface area (Å²) in [6.45, 7) is 0.879. The molecular weight excluding hydrogens is 322 g/mol. The van der Waals surface area contributed by atoms with Gasteiger partial charge in [-0.2, -0.15) is 5.10 Å². The van der Waals surface area contributed by atoms with Gasteiger partial charge in [-0.05, 0) is 35.1 Å². The first-order valence-electron chi connectivity index (χ1n) is 6.29. The molecule has 20 heavy (non-hydrogen) atoms. The molecule has 0 aliphatic carbocycles. The first-order valence-corrected chi connectivity index (χ1v) is 7.08. The van der Waals surface area contributed by atoms with Crippen molar-refractivity contribution in [3.8, 4) is 11.3 Å². The van der Waals surface area contributed by atoms with Crippen molar-refractivity contribution in [2.45, 2.75) is 6.42 Å². The summed E-state index contributed by atoms with van der Waals surface area (Å²) in [4.78, 5) is 16.8. The minimum Gasteiger partial charge on any atom is -0.319 e. The van der Waals surface area contributed by atoms with E-state index in [1.165, 1.54) is 0 Å². The molecule has 7 heteroatoms. The zero-order valence-corrected chi connectivity index (χ0v) is 12.5. The number of nitrogens with zero attached hydrogens (tertiary/aromatic N) is 1. The SMILES string of the molecule is CNCCc1[nH]nc(-c2ccc3[nH]c(=O)[nH]c3c2)c1Br. The lowest BCUT2D eigenvalue weighted by Crippen LogP contribution is -2.10. The van der Waals surface area contributed by atoms with E-state index in [1.807, 2.05) is 25.2 Å². The van der Waals surface area contributed by atoms with E-state index in [2.05, 4.69) is 41.4 Å². The molecule has 104 valence electrons. The van der Waals surface area contributed by atoms with Gasteiger partial charge in [-0.1, -0.05) is 6.07 Å². The van der Waals surface area contributed by atoms with Crippen LogP contribution in [0.25, 0.3) is 22.3 Å². The van der Waals surface area contributed by atoms with Crippen molar-refractivity contribution in [2.24, 2.45) is 0 Å². The molecule has 0 bridgehead atoms. The second-order valence-electron chi connectivity index (χ2n) is 4.56. The maximum atomic E-state index is 11.3. The average Bonchev–Trinajstić information content (AvgIpc) is 2.97. The molecule has 2 aromatic heterocycles. The maximum absolute atomic E-state index is 11.3. The number of aromatic amines is 3. The molecule has 0 fully saturated rings. The Kier molecular flexibility index (Phi) is 3.45. The van der Waals surface area contributed by atoms with Crippen LogP contribution in [-0.4, -0.2) is 33.8 Å². The lowest BCUT2D eigenvalue weighted by atomic mass is 10.1. The molecule has 0 spiro atoms. The number of imidazole rings is 1. The van der Waals surface area contributed by atoms with Crippen molar-refractivity contribution >= 4 is 27.0 Å². The Morgan fingerprint density at radius 1 is 1.30 bits per heavy atom. The van der Waals surface area contributed by atoms with Crippen LogP contribution in [-0.2, 0) is 6.42 Å². The van der Waals surface area contributed by atoms with Gasteiger partial charge in [0.25, 0.3) is 0 Å². The highest BCUT2D eigenvalue weighted by Gasteiger charge is 2.13. The number of H-pyrrole nitrogens is 3. The minimum atomic E-state index is -0.201. The van der Waals surface area contributed by atoms with Crippen LogP contribution in [0.15, 0.2) is 27.5 Å². The van der Waals surface area contributed by atoms with E-state index in [0.717, 1.165) is 45.4 Å². The van der Waals surface area contributed by atoms with E-state index in [-0.39, 0.29) is 5.69 Å². The van der Waals surface area contributed by atoms with Gasteiger partial charge >= 0.3 is 5.69 Å². The zero-order valence-electron chi connectivity index (χ0n) is 10.9. The summed E-state index contributed by atoms with van der Waals surface area (Å²) in [6.07, 6.45) is 0.868. The highest BCUT2D eigenvalue weighted by Crippen LogP contribution is 2.30. The van der Waals surface area contributed by atoms with Crippen molar-refractivity contribution in [2.75, 3.05) is 13.6 Å². The lowest BCUT2D eigenvalue weighted by Gasteiger charge is -2.00. The molecule has 0 unspecified atom stereocenters. The van der Waals surface area contributed by atoms with E-state index in [0.29, 0.717) is 0 Å². The summed E-state index contributed by atoms with van der Waals surface area (Å²) < 4.78 is 0.963. The Balaban J connectivity index is 2.01. The second kappa shape index (κ2) is 5.26. The molecule has 0 aliphatic rings. The number of halogens is 1. The number of rotatable bonds is 4. The van der Waals surface area contributed by atoms with Gasteiger partial charge in [0.15, 0.2) is 0 Å². The highest BCUT2D eigenvalue weighted by molar-refractivity contribution is 9.10. The van der Waals surface area contributed by atoms with Gasteiger partial charge in [0, 0.05) is 18.5 Å². The molecule has 0 atom stereocenters. The summed E-state index contributed by atoms with van der Waals surface area (Å²) in [7, 11) is 1.92. The van der Waals surface area contributed by atoms with Crippen LogP contribution in [0.4, 0.5) is 0 Å². The van der Waals surface area contributed by atoms with Gasteiger partial charge in [0.2, 0.25) is 0 Å². The van der Waals surface area contributed by atoms with Gasteiger partial charge in [-0.15, -0.1) is 0 Å². The lowest BCUT2D eigenvalue weighted by molar-refractivity contribution is 0.770. The normalized spacial score (nSPS) is 11.3. The third kappa shape index (κ3) is 2.30. The molecular formula is C13H14BrN5O. The number of aromatic nitrogens is 4. The standard InChI is InChI=1S/C13H14BrN5O/c1-15-5-4-9-11(14)12(19-18-9)7-2-3-8-10(6-7)17-13(20)16-8/h2-3,6,15H,4-5H2,1H3,(H,18,19)(H2,16,17,20). The third-order valence-electron chi connectivity index (χ3n) is 3.19. The molecule has 0 saturated heterocycles. The fourth-order valence-corrected chi connectivity index (χ4v) is 2.76. The molecule has 0 amide bonds. The number of nitrogens with one attached hydrogen (secondary N) is 4. The largest absolute Gasteiger partial charge is 0.323 e. The summed E-state index contributed by atoms with van der Waals surface area (Å²) >= 11 is 3.59. The van der Waals surface area contributed by atoms with Crippen LogP contribution in [0.2, 0.25) is 0 Å². The molecule has 3 rings (SSSR count). The summed E-state index contributed by atoms with van der Waals surface area (Å²) in [6, 6.07) is 5.72. The molecule has 0 saturated carbocycles. The van der Waals surface area contributed by atoms with Crippen LogP contribution in [0.5, 0.6) is 0 Å².